The van der Waals surface area contributed by atoms with Gasteiger partial charge in [0.05, 0.1) is 0 Å². The maximum Gasteiger partial charge on any atom is 0.221 e. The van der Waals surface area contributed by atoms with Crippen molar-refractivity contribution >= 4 is 16.8 Å². The molecule has 0 aromatic rings. The highest BCUT2D eigenvalue weighted by molar-refractivity contribution is 6.63. The maximum absolute atomic E-state index is 10.4. The smallest absolute Gasteiger partial charge is 0.221 e. The van der Waals surface area contributed by atoms with Gasteiger partial charge in [0.2, 0.25) is 5.24 Å². The fraction of sp³-hybridized carbons (Fsp3) is 0.917. The van der Waals surface area contributed by atoms with Crippen LogP contribution in [0.25, 0.3) is 0 Å². The fourth-order valence-corrected chi connectivity index (χ4v) is 1.66. The zero-order valence-corrected chi connectivity index (χ0v) is 10.3. The summed E-state index contributed by atoms with van der Waals surface area (Å²) in [6.45, 7) is 4.54. The minimum atomic E-state index is -0.190. The molecule has 0 heterocycles. The molecule has 0 atom stereocenters. The molecule has 0 N–H and O–H groups in total. The number of hydrogen-bond donors (Lipinski definition) is 0. The van der Waals surface area contributed by atoms with Crippen LogP contribution in [0.4, 0.5) is 0 Å². The zero-order chi connectivity index (χ0) is 10.8. The van der Waals surface area contributed by atoms with Crippen molar-refractivity contribution in [3.05, 3.63) is 0 Å². The summed E-state index contributed by atoms with van der Waals surface area (Å²) in [5.41, 5.74) is 0. The van der Waals surface area contributed by atoms with Crippen molar-refractivity contribution in [2.45, 2.75) is 65.2 Å². The lowest BCUT2D eigenvalue weighted by Gasteiger charge is -2.03. The van der Waals surface area contributed by atoms with E-state index in [0.717, 1.165) is 18.8 Å². The lowest BCUT2D eigenvalue weighted by molar-refractivity contribution is -0.111. The Morgan fingerprint density at radius 3 is 2.00 bits per heavy atom. The van der Waals surface area contributed by atoms with Crippen LogP contribution in [0.2, 0.25) is 0 Å². The van der Waals surface area contributed by atoms with E-state index < -0.39 is 0 Å². The molecule has 0 fully saturated rings. The minimum Gasteiger partial charge on any atom is -0.281 e. The first-order valence-electron chi connectivity index (χ1n) is 5.81. The van der Waals surface area contributed by atoms with Gasteiger partial charge in [-0.3, -0.25) is 4.79 Å². The first-order valence-corrected chi connectivity index (χ1v) is 6.19. The van der Waals surface area contributed by atoms with Crippen LogP contribution >= 0.6 is 11.6 Å². The van der Waals surface area contributed by atoms with Crippen LogP contribution in [-0.4, -0.2) is 5.24 Å². The maximum atomic E-state index is 10.4. The topological polar surface area (TPSA) is 17.1 Å². The molecule has 0 aromatic heterocycles. The second kappa shape index (κ2) is 9.51. The van der Waals surface area contributed by atoms with Crippen LogP contribution in [0.1, 0.15) is 65.2 Å². The molecule has 0 amide bonds. The van der Waals surface area contributed by atoms with Gasteiger partial charge < -0.3 is 0 Å². The van der Waals surface area contributed by atoms with Crippen LogP contribution in [-0.2, 0) is 4.79 Å². The average Bonchev–Trinajstić information content (AvgIpc) is 2.08. The lowest BCUT2D eigenvalue weighted by atomic mass is 10.0. The number of unbranched alkanes of at least 4 members (excludes halogenated alkanes) is 5. The van der Waals surface area contributed by atoms with Gasteiger partial charge >= 0.3 is 0 Å². The quantitative estimate of drug-likeness (QED) is 0.411. The standard InChI is InChI=1S/C12H23ClO/c1-11(2)9-7-5-3-4-6-8-10-12(13)14/h11H,3-10H2,1-2H3. The van der Waals surface area contributed by atoms with Gasteiger partial charge in [0.15, 0.2) is 0 Å². The summed E-state index contributed by atoms with van der Waals surface area (Å²) in [4.78, 5) is 10.4. The Labute approximate surface area is 93.2 Å². The van der Waals surface area contributed by atoms with E-state index in [9.17, 15) is 4.79 Å². The fourth-order valence-electron chi connectivity index (χ4n) is 1.52. The van der Waals surface area contributed by atoms with Crippen molar-refractivity contribution in [1.29, 1.82) is 0 Å². The lowest BCUT2D eigenvalue weighted by Crippen LogP contribution is -1.88. The highest BCUT2D eigenvalue weighted by Gasteiger charge is 1.97. The second-order valence-electron chi connectivity index (χ2n) is 4.41. The molecule has 2 heteroatoms. The molecule has 84 valence electrons. The van der Waals surface area contributed by atoms with Gasteiger partial charge in [-0.05, 0) is 23.9 Å². The van der Waals surface area contributed by atoms with Crippen molar-refractivity contribution in [1.82, 2.24) is 0 Å². The van der Waals surface area contributed by atoms with E-state index in [-0.39, 0.29) is 5.24 Å². The van der Waals surface area contributed by atoms with Crippen molar-refractivity contribution in [2.24, 2.45) is 5.92 Å². The molecular formula is C12H23ClO. The molecule has 1 nitrogen and oxygen atoms in total. The SMILES string of the molecule is CC(C)CCCCCCCCC(=O)Cl. The highest BCUT2D eigenvalue weighted by Crippen LogP contribution is 2.12. The second-order valence-corrected chi connectivity index (χ2v) is 4.83. The molecule has 0 aliphatic heterocycles. The van der Waals surface area contributed by atoms with Crippen molar-refractivity contribution in [3.8, 4) is 0 Å². The zero-order valence-electron chi connectivity index (χ0n) is 9.52. The molecule has 0 bridgehead atoms. The molecule has 0 spiro atoms. The summed E-state index contributed by atoms with van der Waals surface area (Å²) >= 11 is 5.24. The third-order valence-corrected chi connectivity index (χ3v) is 2.59. The van der Waals surface area contributed by atoms with Crippen molar-refractivity contribution in [3.63, 3.8) is 0 Å². The van der Waals surface area contributed by atoms with Gasteiger partial charge in [0.25, 0.3) is 0 Å². The van der Waals surface area contributed by atoms with Crippen LogP contribution in [0.5, 0.6) is 0 Å². The Bertz CT molecular complexity index is 143. The van der Waals surface area contributed by atoms with Gasteiger partial charge in [-0.2, -0.15) is 0 Å². The van der Waals surface area contributed by atoms with E-state index in [0.29, 0.717) is 6.42 Å². The van der Waals surface area contributed by atoms with Crippen molar-refractivity contribution in [2.75, 3.05) is 0 Å². The average molecular weight is 219 g/mol. The first kappa shape index (κ1) is 14.0. The van der Waals surface area contributed by atoms with Gasteiger partial charge in [-0.1, -0.05) is 52.4 Å². The number of hydrogen-bond acceptors (Lipinski definition) is 1. The van der Waals surface area contributed by atoms with E-state index in [1.165, 1.54) is 32.1 Å². The molecule has 0 saturated heterocycles. The summed E-state index contributed by atoms with van der Waals surface area (Å²) in [6.07, 6.45) is 9.27. The summed E-state index contributed by atoms with van der Waals surface area (Å²) < 4.78 is 0. The molecule has 0 unspecified atom stereocenters. The molecular weight excluding hydrogens is 196 g/mol. The highest BCUT2D eigenvalue weighted by atomic mass is 35.5. The Hall–Kier alpha value is -0.0400. The molecule has 0 aliphatic rings. The molecule has 0 aromatic carbocycles. The van der Waals surface area contributed by atoms with E-state index >= 15 is 0 Å². The molecule has 0 rings (SSSR count). The summed E-state index contributed by atoms with van der Waals surface area (Å²) in [5.74, 6) is 0.837. The van der Waals surface area contributed by atoms with E-state index in [1.807, 2.05) is 0 Å². The third-order valence-electron chi connectivity index (χ3n) is 2.40. The third kappa shape index (κ3) is 12.0. The number of carbonyl (C=O) groups excluding carboxylic acids is 1. The molecule has 0 radical (unpaired) electrons. The Morgan fingerprint density at radius 2 is 1.50 bits per heavy atom. The summed E-state index contributed by atoms with van der Waals surface area (Å²) in [6, 6.07) is 0. The Morgan fingerprint density at radius 1 is 1.00 bits per heavy atom. The van der Waals surface area contributed by atoms with Gasteiger partial charge in [0, 0.05) is 6.42 Å². The predicted molar refractivity (Wildman–Crippen MR) is 62.6 cm³/mol. The van der Waals surface area contributed by atoms with Crippen molar-refractivity contribution < 1.29 is 4.79 Å². The minimum absolute atomic E-state index is 0.190. The van der Waals surface area contributed by atoms with Gasteiger partial charge in [-0.15, -0.1) is 0 Å². The monoisotopic (exact) mass is 218 g/mol. The molecule has 0 aliphatic carbocycles. The van der Waals surface area contributed by atoms with E-state index in [4.69, 9.17) is 11.6 Å². The molecule has 0 saturated carbocycles. The van der Waals surface area contributed by atoms with Gasteiger partial charge in [-0.25, -0.2) is 0 Å². The Kier molecular flexibility index (Phi) is 9.49. The Balaban J connectivity index is 2.96. The number of rotatable bonds is 9. The van der Waals surface area contributed by atoms with Crippen LogP contribution in [0.3, 0.4) is 0 Å². The van der Waals surface area contributed by atoms with E-state index in [1.54, 1.807) is 0 Å². The van der Waals surface area contributed by atoms with Gasteiger partial charge in [0.1, 0.15) is 0 Å². The van der Waals surface area contributed by atoms with Crippen LogP contribution in [0, 0.1) is 5.92 Å². The number of carbonyl (C=O) groups is 1. The van der Waals surface area contributed by atoms with E-state index in [2.05, 4.69) is 13.8 Å². The summed E-state index contributed by atoms with van der Waals surface area (Å²) in [5, 5.41) is -0.190. The van der Waals surface area contributed by atoms with Crippen LogP contribution in [0.15, 0.2) is 0 Å². The normalized spacial score (nSPS) is 10.9. The summed E-state index contributed by atoms with van der Waals surface area (Å²) in [7, 11) is 0. The predicted octanol–water partition coefficient (Wildman–Crippen LogP) is 4.53. The first-order chi connectivity index (χ1) is 6.63. The number of halogens is 1. The van der Waals surface area contributed by atoms with Crippen LogP contribution < -0.4 is 0 Å². The molecule has 14 heavy (non-hydrogen) atoms. The largest absolute Gasteiger partial charge is 0.281 e.